The van der Waals surface area contributed by atoms with Crippen LogP contribution in [0.15, 0.2) is 95.9 Å². The predicted molar refractivity (Wildman–Crippen MR) is 190 cm³/mol. The zero-order valence-corrected chi connectivity index (χ0v) is 29.5. The summed E-state index contributed by atoms with van der Waals surface area (Å²) in [5.41, 5.74) is 1.08. The van der Waals surface area contributed by atoms with E-state index in [1.165, 1.54) is 55.3 Å². The summed E-state index contributed by atoms with van der Waals surface area (Å²) < 4.78 is 34.7. The molecule has 2 amide bonds. The number of hydrogen-bond acceptors (Lipinski definition) is 7. The first-order valence-electron chi connectivity index (χ1n) is 15.3. The Morgan fingerprint density at radius 2 is 1.61 bits per heavy atom. The summed E-state index contributed by atoms with van der Waals surface area (Å²) in [6, 6.07) is 22.4. The van der Waals surface area contributed by atoms with Crippen molar-refractivity contribution >= 4 is 56.4 Å². The Labute approximate surface area is 295 Å². The lowest BCUT2D eigenvalue weighted by Gasteiger charge is -2.34. The van der Waals surface area contributed by atoms with Crippen LogP contribution in [0, 0.1) is 17.0 Å². The van der Waals surface area contributed by atoms with Crippen molar-refractivity contribution in [2.75, 3.05) is 24.5 Å². The van der Waals surface area contributed by atoms with Crippen LogP contribution >= 0.6 is 23.2 Å². The normalized spacial score (nSPS) is 11.8. The van der Waals surface area contributed by atoms with Crippen LogP contribution in [0.2, 0.25) is 10.0 Å². The quantitative estimate of drug-likeness (QED) is 0.108. The van der Waals surface area contributed by atoms with Crippen LogP contribution in [0.25, 0.3) is 0 Å². The van der Waals surface area contributed by atoms with Crippen LogP contribution in [-0.2, 0) is 32.6 Å². The monoisotopic (exact) mass is 726 g/mol. The zero-order valence-electron chi connectivity index (χ0n) is 27.1. The second kappa shape index (κ2) is 16.6. The van der Waals surface area contributed by atoms with Gasteiger partial charge in [0, 0.05) is 46.7 Å². The lowest BCUT2D eigenvalue weighted by atomic mass is 10.0. The summed E-state index contributed by atoms with van der Waals surface area (Å²) in [6.07, 6.45) is 0.740. The van der Waals surface area contributed by atoms with Crippen molar-refractivity contribution in [3.63, 3.8) is 0 Å². The van der Waals surface area contributed by atoms with E-state index in [9.17, 15) is 28.1 Å². The SMILES string of the molecule is CCCNC(=O)[C@H](Cc1ccccc1)N(Cc1c(Cl)cccc1Cl)C(=O)CN(c1ccc(OC)cc1)S(=O)(=O)c1ccc(C)c([N+](=O)[O-])c1. The number of rotatable bonds is 15. The first-order chi connectivity index (χ1) is 23.4. The summed E-state index contributed by atoms with van der Waals surface area (Å²) >= 11 is 13.1. The molecule has 14 heteroatoms. The van der Waals surface area contributed by atoms with Crippen molar-refractivity contribution < 1.29 is 27.7 Å². The Kier molecular flexibility index (Phi) is 12.6. The molecule has 0 heterocycles. The van der Waals surface area contributed by atoms with E-state index in [2.05, 4.69) is 5.32 Å². The number of hydrogen-bond donors (Lipinski definition) is 1. The van der Waals surface area contributed by atoms with Crippen molar-refractivity contribution in [3.8, 4) is 5.75 Å². The third-order valence-corrected chi connectivity index (χ3v) is 10.3. The van der Waals surface area contributed by atoms with Crippen LogP contribution in [0.1, 0.15) is 30.0 Å². The van der Waals surface area contributed by atoms with Crippen LogP contribution in [-0.4, -0.2) is 56.3 Å². The molecule has 49 heavy (non-hydrogen) atoms. The molecule has 0 radical (unpaired) electrons. The molecule has 0 spiro atoms. The maximum absolute atomic E-state index is 14.6. The van der Waals surface area contributed by atoms with Crippen molar-refractivity contribution in [3.05, 3.63) is 128 Å². The van der Waals surface area contributed by atoms with Gasteiger partial charge in [-0.25, -0.2) is 8.42 Å². The highest BCUT2D eigenvalue weighted by Crippen LogP contribution is 2.31. The molecule has 0 unspecified atom stereocenters. The fourth-order valence-electron chi connectivity index (χ4n) is 5.12. The molecule has 4 aromatic carbocycles. The van der Waals surface area contributed by atoms with Crippen molar-refractivity contribution in [2.24, 2.45) is 0 Å². The number of carbonyl (C=O) groups excluding carboxylic acids is 2. The van der Waals surface area contributed by atoms with Gasteiger partial charge in [-0.3, -0.25) is 24.0 Å². The number of benzene rings is 4. The minimum atomic E-state index is -4.60. The van der Waals surface area contributed by atoms with Gasteiger partial charge in [-0.1, -0.05) is 72.6 Å². The Bertz CT molecular complexity index is 1890. The van der Waals surface area contributed by atoms with E-state index in [-0.39, 0.29) is 34.3 Å². The number of nitro groups is 1. The average Bonchev–Trinajstić information content (AvgIpc) is 3.09. The van der Waals surface area contributed by atoms with Gasteiger partial charge in [0.1, 0.15) is 18.3 Å². The fraction of sp³-hybridized carbons (Fsp3) is 0.257. The van der Waals surface area contributed by atoms with Gasteiger partial charge in [-0.05, 0) is 61.4 Å². The number of methoxy groups -OCH3 is 1. The Morgan fingerprint density at radius 3 is 2.20 bits per heavy atom. The molecular formula is C35H36Cl2N4O7S. The third kappa shape index (κ3) is 9.08. The zero-order chi connectivity index (χ0) is 35.7. The number of aryl methyl sites for hydroxylation is 1. The summed E-state index contributed by atoms with van der Waals surface area (Å²) in [6.45, 7) is 2.74. The van der Waals surface area contributed by atoms with E-state index in [1.807, 2.05) is 37.3 Å². The first-order valence-corrected chi connectivity index (χ1v) is 17.5. The minimum absolute atomic E-state index is 0.0862. The summed E-state index contributed by atoms with van der Waals surface area (Å²) in [7, 11) is -3.14. The largest absolute Gasteiger partial charge is 0.497 e. The molecule has 0 aliphatic rings. The van der Waals surface area contributed by atoms with E-state index in [0.29, 0.717) is 24.3 Å². The highest BCUT2D eigenvalue weighted by Gasteiger charge is 2.35. The predicted octanol–water partition coefficient (Wildman–Crippen LogP) is 6.58. The topological polar surface area (TPSA) is 139 Å². The van der Waals surface area contributed by atoms with Gasteiger partial charge in [0.2, 0.25) is 11.8 Å². The number of carbonyl (C=O) groups is 2. The van der Waals surface area contributed by atoms with Crippen molar-refractivity contribution in [2.45, 2.75) is 44.2 Å². The van der Waals surface area contributed by atoms with Crippen LogP contribution in [0.3, 0.4) is 0 Å². The van der Waals surface area contributed by atoms with E-state index in [4.69, 9.17) is 27.9 Å². The van der Waals surface area contributed by atoms with Gasteiger partial charge in [-0.2, -0.15) is 0 Å². The maximum atomic E-state index is 14.6. The molecule has 0 saturated carbocycles. The van der Waals surface area contributed by atoms with E-state index in [1.54, 1.807) is 18.2 Å². The molecule has 0 aliphatic heterocycles. The second-order valence-corrected chi connectivity index (χ2v) is 13.8. The Hall–Kier alpha value is -4.65. The number of amides is 2. The minimum Gasteiger partial charge on any atom is -0.497 e. The Morgan fingerprint density at radius 1 is 0.959 bits per heavy atom. The number of halogens is 2. The molecule has 0 aliphatic carbocycles. The van der Waals surface area contributed by atoms with Crippen molar-refractivity contribution in [1.82, 2.24) is 10.2 Å². The molecule has 0 bridgehead atoms. The molecule has 0 fully saturated rings. The Balaban J connectivity index is 1.87. The van der Waals surface area contributed by atoms with Crippen molar-refractivity contribution in [1.29, 1.82) is 0 Å². The number of ether oxygens (including phenoxy) is 1. The molecule has 4 rings (SSSR count). The van der Waals surface area contributed by atoms with E-state index < -0.39 is 49.9 Å². The number of nitrogens with one attached hydrogen (secondary N) is 1. The summed E-state index contributed by atoms with van der Waals surface area (Å²) in [5, 5.41) is 15.1. The molecule has 11 nitrogen and oxygen atoms in total. The molecule has 1 atom stereocenters. The van der Waals surface area contributed by atoms with Gasteiger partial charge in [0.25, 0.3) is 15.7 Å². The van der Waals surface area contributed by atoms with E-state index in [0.717, 1.165) is 15.9 Å². The number of nitro benzene ring substituents is 1. The van der Waals surface area contributed by atoms with Crippen LogP contribution in [0.4, 0.5) is 11.4 Å². The van der Waals surface area contributed by atoms with Gasteiger partial charge < -0.3 is 15.0 Å². The van der Waals surface area contributed by atoms with Gasteiger partial charge in [-0.15, -0.1) is 0 Å². The molecule has 4 aromatic rings. The molecule has 1 N–H and O–H groups in total. The van der Waals surface area contributed by atoms with Gasteiger partial charge in [0.05, 0.1) is 22.6 Å². The maximum Gasteiger partial charge on any atom is 0.273 e. The number of nitrogens with zero attached hydrogens (tertiary/aromatic N) is 3. The highest BCUT2D eigenvalue weighted by molar-refractivity contribution is 7.92. The van der Waals surface area contributed by atoms with Crippen LogP contribution in [0.5, 0.6) is 5.75 Å². The fourth-order valence-corrected chi connectivity index (χ4v) is 7.08. The van der Waals surface area contributed by atoms with Gasteiger partial charge in [0.15, 0.2) is 0 Å². The highest BCUT2D eigenvalue weighted by atomic mass is 35.5. The summed E-state index contributed by atoms with van der Waals surface area (Å²) in [4.78, 5) is 40.4. The number of sulfonamides is 1. The molecular weight excluding hydrogens is 691 g/mol. The first kappa shape index (κ1) is 37.2. The molecule has 0 aromatic heterocycles. The molecule has 0 saturated heterocycles. The lowest BCUT2D eigenvalue weighted by Crippen LogP contribution is -2.53. The van der Waals surface area contributed by atoms with E-state index >= 15 is 0 Å². The lowest BCUT2D eigenvalue weighted by molar-refractivity contribution is -0.385. The van der Waals surface area contributed by atoms with Gasteiger partial charge >= 0.3 is 0 Å². The second-order valence-electron chi connectivity index (χ2n) is 11.1. The molecule has 258 valence electrons. The number of anilines is 1. The van der Waals surface area contributed by atoms with Crippen LogP contribution < -0.4 is 14.4 Å². The average molecular weight is 728 g/mol. The standard InChI is InChI=1S/C35H36Cl2N4O7S/c1-4-19-38-35(43)33(20-25-9-6-5-7-10-25)39(22-29-30(36)11-8-12-31(29)37)34(42)23-40(26-14-16-27(48-3)17-15-26)49(46,47)28-18-13-24(2)32(21-28)41(44)45/h5-18,21,33H,4,19-20,22-23H2,1-3H3,(H,38,43)/t33-/m0/s1. The summed E-state index contributed by atoms with van der Waals surface area (Å²) in [5.74, 6) is -0.760. The smallest absolute Gasteiger partial charge is 0.273 e. The third-order valence-electron chi connectivity index (χ3n) is 7.82.